The number of hydrogen-bond donors (Lipinski definition) is 2. The van der Waals surface area contributed by atoms with Crippen molar-refractivity contribution in [3.63, 3.8) is 0 Å². The molecule has 6 heteroatoms. The van der Waals surface area contributed by atoms with Crippen LogP contribution < -0.4 is 11.5 Å². The molecule has 114 valence electrons. The monoisotopic (exact) mass is 309 g/mol. The highest BCUT2D eigenvalue weighted by molar-refractivity contribution is 5.87. The van der Waals surface area contributed by atoms with Gasteiger partial charge in [0.05, 0.1) is 11.8 Å². The fraction of sp³-hybridized carbons (Fsp3) is 0.467. The zero-order valence-corrected chi connectivity index (χ0v) is 12.5. The quantitative estimate of drug-likeness (QED) is 0.848. The van der Waals surface area contributed by atoms with Gasteiger partial charge in [-0.3, -0.25) is 14.5 Å². The molecule has 1 saturated carbocycles. The molecule has 0 spiro atoms. The number of carbonyl (C=O) groups excluding carboxylic acids is 2. The van der Waals surface area contributed by atoms with E-state index in [1.807, 2.05) is 18.2 Å². The van der Waals surface area contributed by atoms with Gasteiger partial charge in [-0.15, -0.1) is 12.4 Å². The Bertz CT molecular complexity index is 515. The Morgan fingerprint density at radius 2 is 1.52 bits per heavy atom. The van der Waals surface area contributed by atoms with E-state index in [-0.39, 0.29) is 12.4 Å². The highest BCUT2D eigenvalue weighted by Crippen LogP contribution is 2.46. The molecule has 2 aliphatic rings. The van der Waals surface area contributed by atoms with Gasteiger partial charge in [-0.25, -0.2) is 0 Å². The summed E-state index contributed by atoms with van der Waals surface area (Å²) < 4.78 is 0. The van der Waals surface area contributed by atoms with E-state index in [9.17, 15) is 9.59 Å². The zero-order valence-electron chi connectivity index (χ0n) is 11.6. The molecule has 0 radical (unpaired) electrons. The molecule has 1 saturated heterocycles. The van der Waals surface area contributed by atoms with E-state index in [4.69, 9.17) is 11.5 Å². The van der Waals surface area contributed by atoms with Gasteiger partial charge in [-0.05, 0) is 12.0 Å². The van der Waals surface area contributed by atoms with Crippen molar-refractivity contribution in [1.29, 1.82) is 0 Å². The molecule has 4 atom stereocenters. The number of primary amides is 2. The molecule has 4 unspecified atom stereocenters. The maximum absolute atomic E-state index is 11.4. The van der Waals surface area contributed by atoms with E-state index in [1.165, 1.54) is 5.56 Å². The van der Waals surface area contributed by atoms with Crippen LogP contribution >= 0.6 is 12.4 Å². The van der Waals surface area contributed by atoms with Crippen molar-refractivity contribution >= 4 is 24.2 Å². The molecule has 0 bridgehead atoms. The summed E-state index contributed by atoms with van der Waals surface area (Å²) in [4.78, 5) is 25.1. The summed E-state index contributed by atoms with van der Waals surface area (Å²) in [7, 11) is 0. The lowest BCUT2D eigenvalue weighted by molar-refractivity contribution is -0.129. The SMILES string of the molecule is Cl.NC(=O)C1CN(C2CC2c2ccccc2)CC1C(N)=O. The standard InChI is InChI=1S/C15H19N3O2.ClH/c16-14(19)11-7-18(8-12(11)15(17)20)13-6-10(13)9-4-2-1-3-5-9;/h1-5,10-13H,6-8H2,(H2,16,19)(H2,17,20);1H. The first-order chi connectivity index (χ1) is 9.58. The second-order valence-corrected chi connectivity index (χ2v) is 5.79. The first-order valence-corrected chi connectivity index (χ1v) is 6.95. The molecule has 5 nitrogen and oxygen atoms in total. The van der Waals surface area contributed by atoms with E-state index in [0.29, 0.717) is 25.0 Å². The van der Waals surface area contributed by atoms with E-state index in [2.05, 4.69) is 17.0 Å². The Balaban J connectivity index is 0.00000161. The molecule has 1 aromatic carbocycles. The van der Waals surface area contributed by atoms with Crippen molar-refractivity contribution < 1.29 is 9.59 Å². The van der Waals surface area contributed by atoms with E-state index in [1.54, 1.807) is 0 Å². The topological polar surface area (TPSA) is 89.4 Å². The number of hydrogen-bond acceptors (Lipinski definition) is 3. The molecule has 0 aromatic heterocycles. The van der Waals surface area contributed by atoms with Crippen LogP contribution in [0.1, 0.15) is 17.9 Å². The lowest BCUT2D eigenvalue weighted by atomic mass is 9.95. The van der Waals surface area contributed by atoms with E-state index < -0.39 is 23.7 Å². The molecule has 4 N–H and O–H groups in total. The normalized spacial score (nSPS) is 31.4. The van der Waals surface area contributed by atoms with Crippen LogP contribution in [-0.2, 0) is 9.59 Å². The number of halogens is 1. The number of benzene rings is 1. The fourth-order valence-electron chi connectivity index (χ4n) is 3.33. The smallest absolute Gasteiger partial charge is 0.222 e. The van der Waals surface area contributed by atoms with Crippen LogP contribution in [0.3, 0.4) is 0 Å². The minimum absolute atomic E-state index is 0. The van der Waals surface area contributed by atoms with Gasteiger partial charge in [0.25, 0.3) is 0 Å². The summed E-state index contributed by atoms with van der Waals surface area (Å²) in [6.07, 6.45) is 1.07. The largest absolute Gasteiger partial charge is 0.369 e. The van der Waals surface area contributed by atoms with Crippen LogP contribution in [0, 0.1) is 11.8 Å². The van der Waals surface area contributed by atoms with E-state index >= 15 is 0 Å². The summed E-state index contributed by atoms with van der Waals surface area (Å²) in [6.45, 7) is 1.11. The maximum Gasteiger partial charge on any atom is 0.222 e. The average Bonchev–Trinajstić information content (AvgIpc) is 3.10. The molecule has 3 rings (SSSR count). The summed E-state index contributed by atoms with van der Waals surface area (Å²) >= 11 is 0. The number of carbonyl (C=O) groups is 2. The van der Waals surface area contributed by atoms with Crippen LogP contribution in [0.2, 0.25) is 0 Å². The van der Waals surface area contributed by atoms with Gasteiger partial charge >= 0.3 is 0 Å². The summed E-state index contributed by atoms with van der Waals surface area (Å²) in [5, 5.41) is 0. The van der Waals surface area contributed by atoms with Gasteiger partial charge in [0.1, 0.15) is 0 Å². The Morgan fingerprint density at radius 1 is 1.00 bits per heavy atom. The average molecular weight is 310 g/mol. The van der Waals surface area contributed by atoms with Crippen molar-refractivity contribution in [2.24, 2.45) is 23.3 Å². The third-order valence-electron chi connectivity index (χ3n) is 4.53. The minimum atomic E-state index is -0.440. The number of nitrogens with zero attached hydrogens (tertiary/aromatic N) is 1. The predicted octanol–water partition coefficient (Wildman–Crippen LogP) is 0.483. The number of nitrogens with two attached hydrogens (primary N) is 2. The lowest BCUT2D eigenvalue weighted by Crippen LogP contribution is -2.36. The second-order valence-electron chi connectivity index (χ2n) is 5.79. The molecule has 2 amide bonds. The summed E-state index contributed by atoms with van der Waals surface area (Å²) in [6, 6.07) is 10.7. The third-order valence-corrected chi connectivity index (χ3v) is 4.53. The first-order valence-electron chi connectivity index (χ1n) is 6.95. The molecular formula is C15H20ClN3O2. The third kappa shape index (κ3) is 3.04. The van der Waals surface area contributed by atoms with Gasteiger partial charge in [-0.2, -0.15) is 0 Å². The molecule has 2 fully saturated rings. The van der Waals surface area contributed by atoms with Gasteiger partial charge in [0, 0.05) is 25.0 Å². The second kappa shape index (κ2) is 6.03. The number of rotatable bonds is 4. The predicted molar refractivity (Wildman–Crippen MR) is 81.8 cm³/mol. The van der Waals surface area contributed by atoms with Gasteiger partial charge in [0.2, 0.25) is 11.8 Å². The highest BCUT2D eigenvalue weighted by Gasteiger charge is 2.49. The van der Waals surface area contributed by atoms with Gasteiger partial charge < -0.3 is 11.5 Å². The van der Waals surface area contributed by atoms with Crippen molar-refractivity contribution in [2.75, 3.05) is 13.1 Å². The van der Waals surface area contributed by atoms with Crippen molar-refractivity contribution in [1.82, 2.24) is 4.90 Å². The van der Waals surface area contributed by atoms with Crippen molar-refractivity contribution in [3.8, 4) is 0 Å². The van der Waals surface area contributed by atoms with Crippen LogP contribution in [0.25, 0.3) is 0 Å². The van der Waals surface area contributed by atoms with Crippen LogP contribution in [0.15, 0.2) is 30.3 Å². The zero-order chi connectivity index (χ0) is 14.3. The Labute approximate surface area is 130 Å². The van der Waals surface area contributed by atoms with Crippen LogP contribution in [0.5, 0.6) is 0 Å². The molecular weight excluding hydrogens is 290 g/mol. The Morgan fingerprint density at radius 3 is 2.00 bits per heavy atom. The number of likely N-dealkylation sites (tertiary alicyclic amines) is 1. The van der Waals surface area contributed by atoms with Crippen LogP contribution in [0.4, 0.5) is 0 Å². The maximum atomic E-state index is 11.4. The molecule has 1 heterocycles. The molecule has 1 aliphatic heterocycles. The van der Waals surface area contributed by atoms with Crippen LogP contribution in [-0.4, -0.2) is 35.8 Å². The lowest BCUT2D eigenvalue weighted by Gasteiger charge is -2.15. The van der Waals surface area contributed by atoms with Crippen molar-refractivity contribution in [2.45, 2.75) is 18.4 Å². The molecule has 21 heavy (non-hydrogen) atoms. The summed E-state index contributed by atoms with van der Waals surface area (Å²) in [5.74, 6) is -1.23. The summed E-state index contributed by atoms with van der Waals surface area (Å²) in [5.41, 5.74) is 12.1. The minimum Gasteiger partial charge on any atom is -0.369 e. The van der Waals surface area contributed by atoms with Gasteiger partial charge in [0.15, 0.2) is 0 Å². The van der Waals surface area contributed by atoms with Crippen molar-refractivity contribution in [3.05, 3.63) is 35.9 Å². The highest BCUT2D eigenvalue weighted by atomic mass is 35.5. The van der Waals surface area contributed by atoms with E-state index in [0.717, 1.165) is 6.42 Å². The number of amides is 2. The molecule has 1 aromatic rings. The van der Waals surface area contributed by atoms with Gasteiger partial charge in [-0.1, -0.05) is 30.3 Å². The molecule has 1 aliphatic carbocycles. The Kier molecular flexibility index (Phi) is 4.54. The first kappa shape index (κ1) is 15.8. The Hall–Kier alpha value is -1.59. The fourth-order valence-corrected chi connectivity index (χ4v) is 3.33.